The Morgan fingerprint density at radius 1 is 1.29 bits per heavy atom. The number of hydrogen-bond donors (Lipinski definition) is 3. The van der Waals surface area contributed by atoms with Gasteiger partial charge in [-0.05, 0) is 36.2 Å². The van der Waals surface area contributed by atoms with Crippen LogP contribution in [0.5, 0.6) is 5.75 Å². The van der Waals surface area contributed by atoms with Crippen LogP contribution in [0.2, 0.25) is 0 Å². The molecule has 2 aromatic carbocycles. The quantitative estimate of drug-likeness (QED) is 0.758. The van der Waals surface area contributed by atoms with E-state index in [4.69, 9.17) is 18.0 Å². The first-order valence-electron chi connectivity index (χ1n) is 6.44. The van der Waals surface area contributed by atoms with E-state index >= 15 is 0 Å². The van der Waals surface area contributed by atoms with E-state index in [0.717, 1.165) is 11.1 Å². The van der Waals surface area contributed by atoms with Crippen LogP contribution in [0, 0.1) is 6.92 Å². The Kier molecular flexibility index (Phi) is 4.55. The number of nitrogens with one attached hydrogen (secondary N) is 1. The maximum atomic E-state index is 12.1. The van der Waals surface area contributed by atoms with E-state index in [-0.39, 0.29) is 18.1 Å². The van der Waals surface area contributed by atoms with Crippen molar-refractivity contribution in [1.29, 1.82) is 0 Å². The van der Waals surface area contributed by atoms with Crippen molar-refractivity contribution in [3.05, 3.63) is 59.2 Å². The highest BCUT2D eigenvalue weighted by Crippen LogP contribution is 2.18. The molecule has 2 aromatic rings. The fraction of sp³-hybridized carbons (Fsp3) is 0.125. The second kappa shape index (κ2) is 6.37. The molecule has 4 N–H and O–H groups in total. The molecule has 0 radical (unpaired) electrons. The number of anilines is 1. The van der Waals surface area contributed by atoms with Gasteiger partial charge in [0.2, 0.25) is 5.91 Å². The second-order valence-corrected chi connectivity index (χ2v) is 5.23. The maximum Gasteiger partial charge on any atom is 0.228 e. The van der Waals surface area contributed by atoms with Crippen LogP contribution in [-0.2, 0) is 11.2 Å². The van der Waals surface area contributed by atoms with Crippen LogP contribution in [0.25, 0.3) is 0 Å². The number of carbonyl (C=O) groups excluding carboxylic acids is 1. The van der Waals surface area contributed by atoms with Gasteiger partial charge < -0.3 is 16.2 Å². The molecular formula is C16H16N2O2S. The normalized spacial score (nSPS) is 10.1. The van der Waals surface area contributed by atoms with E-state index < -0.39 is 0 Å². The Balaban J connectivity index is 2.12. The summed E-state index contributed by atoms with van der Waals surface area (Å²) in [5.41, 5.74) is 8.67. The molecule has 0 aliphatic heterocycles. The highest BCUT2D eigenvalue weighted by Gasteiger charge is 2.08. The third-order valence-electron chi connectivity index (χ3n) is 3.07. The summed E-state index contributed by atoms with van der Waals surface area (Å²) in [6.45, 7) is 1.90. The van der Waals surface area contributed by atoms with E-state index in [2.05, 4.69) is 5.32 Å². The average molecular weight is 300 g/mol. The molecule has 2 rings (SSSR count). The Morgan fingerprint density at radius 2 is 2.05 bits per heavy atom. The van der Waals surface area contributed by atoms with Gasteiger partial charge in [0, 0.05) is 11.3 Å². The van der Waals surface area contributed by atoms with Gasteiger partial charge in [-0.1, -0.05) is 36.5 Å². The standard InChI is InChI=1S/C16H16N2O2S/c1-10-5-6-12(16(17)21)9-14(10)18-15(20)8-11-3-2-4-13(19)7-11/h2-7,9,19H,8H2,1H3,(H2,17,21)(H,18,20). The lowest BCUT2D eigenvalue weighted by molar-refractivity contribution is -0.115. The molecule has 0 unspecified atom stereocenters. The summed E-state index contributed by atoms with van der Waals surface area (Å²) >= 11 is 4.94. The Hall–Kier alpha value is -2.40. The Morgan fingerprint density at radius 3 is 2.71 bits per heavy atom. The van der Waals surface area contributed by atoms with Crippen LogP contribution >= 0.6 is 12.2 Å². The van der Waals surface area contributed by atoms with Crippen molar-refractivity contribution in [3.63, 3.8) is 0 Å². The number of thiocarbonyl (C=S) groups is 1. The van der Waals surface area contributed by atoms with E-state index in [0.29, 0.717) is 16.2 Å². The summed E-state index contributed by atoms with van der Waals surface area (Å²) in [6, 6.07) is 12.1. The fourth-order valence-electron chi connectivity index (χ4n) is 1.96. The van der Waals surface area contributed by atoms with Crippen molar-refractivity contribution in [2.75, 3.05) is 5.32 Å². The van der Waals surface area contributed by atoms with E-state index in [1.54, 1.807) is 30.3 Å². The number of carbonyl (C=O) groups is 1. The molecule has 4 nitrogen and oxygen atoms in total. The average Bonchev–Trinajstić information content (AvgIpc) is 2.41. The zero-order valence-corrected chi connectivity index (χ0v) is 12.4. The topological polar surface area (TPSA) is 75.3 Å². The second-order valence-electron chi connectivity index (χ2n) is 4.79. The van der Waals surface area contributed by atoms with Gasteiger partial charge in [-0.15, -0.1) is 0 Å². The molecule has 5 heteroatoms. The van der Waals surface area contributed by atoms with Gasteiger partial charge in [0.25, 0.3) is 0 Å². The van der Waals surface area contributed by atoms with Crippen LogP contribution in [0.1, 0.15) is 16.7 Å². The molecule has 1 amide bonds. The van der Waals surface area contributed by atoms with Crippen molar-refractivity contribution in [3.8, 4) is 5.75 Å². The fourth-order valence-corrected chi connectivity index (χ4v) is 2.08. The summed E-state index contributed by atoms with van der Waals surface area (Å²) in [7, 11) is 0. The zero-order valence-electron chi connectivity index (χ0n) is 11.6. The molecule has 0 aromatic heterocycles. The summed E-state index contributed by atoms with van der Waals surface area (Å²) < 4.78 is 0. The van der Waals surface area contributed by atoms with Crippen LogP contribution in [0.3, 0.4) is 0 Å². The largest absolute Gasteiger partial charge is 0.508 e. The van der Waals surface area contributed by atoms with Gasteiger partial charge in [-0.2, -0.15) is 0 Å². The van der Waals surface area contributed by atoms with Gasteiger partial charge in [0.15, 0.2) is 0 Å². The molecule has 0 aliphatic rings. The number of aryl methyl sites for hydroxylation is 1. The lowest BCUT2D eigenvalue weighted by Gasteiger charge is -2.10. The predicted octanol–water partition coefficient (Wildman–Crippen LogP) is 2.52. The summed E-state index contributed by atoms with van der Waals surface area (Å²) in [5.74, 6) is -0.0178. The molecular weight excluding hydrogens is 284 g/mol. The van der Waals surface area contributed by atoms with Gasteiger partial charge in [0.05, 0.1) is 6.42 Å². The first-order chi connectivity index (χ1) is 9.95. The summed E-state index contributed by atoms with van der Waals surface area (Å²) in [4.78, 5) is 12.4. The lowest BCUT2D eigenvalue weighted by Crippen LogP contribution is -2.16. The molecule has 0 fully saturated rings. The number of nitrogens with two attached hydrogens (primary N) is 1. The van der Waals surface area contributed by atoms with E-state index in [1.807, 2.05) is 19.1 Å². The Bertz CT molecular complexity index is 698. The number of phenols is 1. The van der Waals surface area contributed by atoms with Crippen LogP contribution in [-0.4, -0.2) is 16.0 Å². The molecule has 0 atom stereocenters. The van der Waals surface area contributed by atoms with Gasteiger partial charge >= 0.3 is 0 Å². The summed E-state index contributed by atoms with van der Waals surface area (Å²) in [5, 5.41) is 12.2. The van der Waals surface area contributed by atoms with Crippen LogP contribution in [0.4, 0.5) is 5.69 Å². The minimum absolute atomic E-state index is 0.145. The van der Waals surface area contributed by atoms with Crippen molar-refractivity contribution >= 4 is 28.8 Å². The van der Waals surface area contributed by atoms with Gasteiger partial charge in [0.1, 0.15) is 10.7 Å². The highest BCUT2D eigenvalue weighted by molar-refractivity contribution is 7.80. The van der Waals surface area contributed by atoms with Crippen molar-refractivity contribution in [2.45, 2.75) is 13.3 Å². The molecule has 0 bridgehead atoms. The third kappa shape index (κ3) is 4.03. The molecule has 0 saturated carbocycles. The van der Waals surface area contributed by atoms with Crippen LogP contribution in [0.15, 0.2) is 42.5 Å². The maximum absolute atomic E-state index is 12.1. The van der Waals surface area contributed by atoms with Crippen molar-refractivity contribution in [2.24, 2.45) is 5.73 Å². The first-order valence-corrected chi connectivity index (χ1v) is 6.85. The minimum atomic E-state index is -0.163. The van der Waals surface area contributed by atoms with Gasteiger partial charge in [-0.25, -0.2) is 0 Å². The minimum Gasteiger partial charge on any atom is -0.508 e. The predicted molar refractivity (Wildman–Crippen MR) is 87.5 cm³/mol. The first kappa shape index (κ1) is 15.0. The monoisotopic (exact) mass is 300 g/mol. The molecule has 108 valence electrons. The lowest BCUT2D eigenvalue weighted by atomic mass is 10.1. The SMILES string of the molecule is Cc1ccc(C(N)=S)cc1NC(=O)Cc1cccc(O)c1. The van der Waals surface area contributed by atoms with Gasteiger partial charge in [-0.3, -0.25) is 4.79 Å². The molecule has 0 spiro atoms. The number of hydrogen-bond acceptors (Lipinski definition) is 3. The van der Waals surface area contributed by atoms with E-state index in [9.17, 15) is 9.90 Å². The number of rotatable bonds is 4. The summed E-state index contributed by atoms with van der Waals surface area (Å²) in [6.07, 6.45) is 0.186. The van der Waals surface area contributed by atoms with Crippen molar-refractivity contribution < 1.29 is 9.90 Å². The molecule has 0 heterocycles. The highest BCUT2D eigenvalue weighted by atomic mass is 32.1. The molecule has 0 saturated heterocycles. The van der Waals surface area contributed by atoms with Crippen LogP contribution < -0.4 is 11.1 Å². The van der Waals surface area contributed by atoms with Crippen molar-refractivity contribution in [1.82, 2.24) is 0 Å². The van der Waals surface area contributed by atoms with E-state index in [1.165, 1.54) is 0 Å². The third-order valence-corrected chi connectivity index (χ3v) is 3.31. The number of phenolic OH excluding ortho intramolecular Hbond substituents is 1. The molecule has 0 aliphatic carbocycles. The zero-order chi connectivity index (χ0) is 15.4. The Labute approximate surface area is 128 Å². The number of aromatic hydroxyl groups is 1. The molecule has 21 heavy (non-hydrogen) atoms. The number of amides is 1. The smallest absolute Gasteiger partial charge is 0.228 e. The number of benzene rings is 2.